The number of halogens is 1. The van der Waals surface area contributed by atoms with Crippen LogP contribution < -0.4 is 15.4 Å². The van der Waals surface area contributed by atoms with E-state index in [1.165, 1.54) is 18.4 Å². The number of guanidine groups is 1. The molecule has 2 aromatic carbocycles. The summed E-state index contributed by atoms with van der Waals surface area (Å²) in [5, 5.41) is 6.28. The lowest BCUT2D eigenvalue weighted by molar-refractivity contribution is 0.322. The smallest absolute Gasteiger partial charge is 0.242 e. The van der Waals surface area contributed by atoms with Crippen LogP contribution >= 0.6 is 24.0 Å². The first-order valence-corrected chi connectivity index (χ1v) is 10.0. The van der Waals surface area contributed by atoms with Crippen molar-refractivity contribution in [3.8, 4) is 5.75 Å². The predicted molar refractivity (Wildman–Crippen MR) is 123 cm³/mol. The van der Waals surface area contributed by atoms with E-state index in [9.17, 15) is 8.42 Å². The van der Waals surface area contributed by atoms with E-state index in [2.05, 4.69) is 15.6 Å². The number of ether oxygens (including phenoxy) is 1. The van der Waals surface area contributed by atoms with Crippen molar-refractivity contribution in [3.63, 3.8) is 0 Å². The normalized spacial score (nSPS) is 11.6. The Balaban J connectivity index is 0.00000392. The zero-order valence-electron chi connectivity index (χ0n) is 16.3. The SMILES string of the molecule is CN=C(NCCOc1ccccc1)NCc1ccccc1S(=O)(=O)N(C)C.I. The van der Waals surface area contributed by atoms with Crippen LogP contribution in [0.1, 0.15) is 5.56 Å². The Morgan fingerprint density at radius 3 is 2.32 bits per heavy atom. The minimum atomic E-state index is -3.50. The van der Waals surface area contributed by atoms with Crippen LogP contribution in [0, 0.1) is 0 Å². The van der Waals surface area contributed by atoms with Crippen LogP contribution in [0.4, 0.5) is 0 Å². The molecule has 0 fully saturated rings. The molecule has 0 aromatic heterocycles. The Morgan fingerprint density at radius 1 is 1.04 bits per heavy atom. The molecule has 0 amide bonds. The topological polar surface area (TPSA) is 83.0 Å². The van der Waals surface area contributed by atoms with Gasteiger partial charge in [0.25, 0.3) is 0 Å². The quantitative estimate of drug-likeness (QED) is 0.243. The molecule has 28 heavy (non-hydrogen) atoms. The number of benzene rings is 2. The molecule has 0 unspecified atom stereocenters. The third-order valence-corrected chi connectivity index (χ3v) is 5.72. The van der Waals surface area contributed by atoms with Crippen molar-refractivity contribution in [2.24, 2.45) is 4.99 Å². The largest absolute Gasteiger partial charge is 0.492 e. The van der Waals surface area contributed by atoms with Crippen molar-refractivity contribution in [2.45, 2.75) is 11.4 Å². The van der Waals surface area contributed by atoms with Crippen molar-refractivity contribution in [3.05, 3.63) is 60.2 Å². The molecule has 0 aliphatic carbocycles. The van der Waals surface area contributed by atoms with Gasteiger partial charge in [-0.2, -0.15) is 0 Å². The molecule has 154 valence electrons. The van der Waals surface area contributed by atoms with E-state index in [0.717, 1.165) is 5.75 Å². The van der Waals surface area contributed by atoms with E-state index in [-0.39, 0.29) is 28.9 Å². The van der Waals surface area contributed by atoms with Crippen LogP contribution in [0.5, 0.6) is 5.75 Å². The standard InChI is InChI=1S/C19H26N4O3S.HI/c1-20-19(21-13-14-26-17-10-5-4-6-11-17)22-15-16-9-7-8-12-18(16)27(24,25)23(2)3;/h4-12H,13-15H2,1-3H3,(H2,20,21,22);1H. The highest BCUT2D eigenvalue weighted by Crippen LogP contribution is 2.18. The summed E-state index contributed by atoms with van der Waals surface area (Å²) < 4.78 is 31.7. The van der Waals surface area contributed by atoms with Gasteiger partial charge in [-0.25, -0.2) is 12.7 Å². The molecule has 2 aromatic rings. The second-order valence-corrected chi connectivity index (χ2v) is 8.03. The van der Waals surface area contributed by atoms with Gasteiger partial charge in [0.05, 0.1) is 11.4 Å². The fourth-order valence-electron chi connectivity index (χ4n) is 2.35. The Morgan fingerprint density at radius 2 is 1.68 bits per heavy atom. The Hall–Kier alpha value is -1.85. The van der Waals surface area contributed by atoms with Gasteiger partial charge in [-0.1, -0.05) is 36.4 Å². The molecule has 0 saturated heterocycles. The lowest BCUT2D eigenvalue weighted by Crippen LogP contribution is -2.39. The molecule has 0 saturated carbocycles. The maximum absolute atomic E-state index is 12.4. The summed E-state index contributed by atoms with van der Waals surface area (Å²) in [6.07, 6.45) is 0. The van der Waals surface area contributed by atoms with Gasteiger partial charge in [0.1, 0.15) is 12.4 Å². The molecule has 0 heterocycles. The highest BCUT2D eigenvalue weighted by molar-refractivity contribution is 14.0. The molecule has 0 spiro atoms. The molecule has 0 atom stereocenters. The van der Waals surface area contributed by atoms with Gasteiger partial charge in [0, 0.05) is 27.7 Å². The van der Waals surface area contributed by atoms with E-state index < -0.39 is 10.0 Å². The number of rotatable bonds is 8. The Bertz CT molecular complexity index is 858. The molecular weight excluding hydrogens is 491 g/mol. The number of para-hydroxylation sites is 1. The molecule has 0 bridgehead atoms. The maximum atomic E-state index is 12.4. The molecule has 0 aliphatic rings. The van der Waals surface area contributed by atoms with Crippen LogP contribution in [-0.4, -0.2) is 53.0 Å². The van der Waals surface area contributed by atoms with E-state index in [1.807, 2.05) is 36.4 Å². The Kier molecular flexibility index (Phi) is 10.3. The lowest BCUT2D eigenvalue weighted by Gasteiger charge is -2.17. The van der Waals surface area contributed by atoms with Crippen molar-refractivity contribution >= 4 is 40.0 Å². The fraction of sp³-hybridized carbons (Fsp3) is 0.316. The zero-order chi connectivity index (χ0) is 19.7. The average molecular weight is 518 g/mol. The van der Waals surface area contributed by atoms with Crippen molar-refractivity contribution < 1.29 is 13.2 Å². The summed E-state index contributed by atoms with van der Waals surface area (Å²) in [6.45, 7) is 1.38. The average Bonchev–Trinajstić information content (AvgIpc) is 2.68. The highest BCUT2D eigenvalue weighted by atomic mass is 127. The van der Waals surface area contributed by atoms with Gasteiger partial charge in [-0.05, 0) is 23.8 Å². The van der Waals surface area contributed by atoms with Crippen LogP contribution in [-0.2, 0) is 16.6 Å². The summed E-state index contributed by atoms with van der Waals surface area (Å²) in [7, 11) is 1.20. The van der Waals surface area contributed by atoms with Gasteiger partial charge >= 0.3 is 0 Å². The minimum Gasteiger partial charge on any atom is -0.492 e. The summed E-state index contributed by atoms with van der Waals surface area (Å²) in [6, 6.07) is 16.5. The molecule has 7 nitrogen and oxygen atoms in total. The van der Waals surface area contributed by atoms with Crippen LogP contribution in [0.25, 0.3) is 0 Å². The monoisotopic (exact) mass is 518 g/mol. The van der Waals surface area contributed by atoms with Crippen LogP contribution in [0.2, 0.25) is 0 Å². The summed E-state index contributed by atoms with van der Waals surface area (Å²) >= 11 is 0. The van der Waals surface area contributed by atoms with Gasteiger partial charge in [0.2, 0.25) is 10.0 Å². The van der Waals surface area contributed by atoms with Crippen LogP contribution in [0.3, 0.4) is 0 Å². The van der Waals surface area contributed by atoms with Gasteiger partial charge in [0.15, 0.2) is 5.96 Å². The fourth-order valence-corrected chi connectivity index (χ4v) is 3.47. The molecule has 2 rings (SSSR count). The zero-order valence-corrected chi connectivity index (χ0v) is 19.4. The Labute approximate surface area is 184 Å². The summed E-state index contributed by atoms with van der Waals surface area (Å²) in [4.78, 5) is 4.44. The first-order valence-electron chi connectivity index (χ1n) is 8.58. The van der Waals surface area contributed by atoms with Crippen LogP contribution in [0.15, 0.2) is 64.5 Å². The lowest BCUT2D eigenvalue weighted by atomic mass is 10.2. The first-order chi connectivity index (χ1) is 12.9. The first kappa shape index (κ1) is 24.2. The summed E-state index contributed by atoms with van der Waals surface area (Å²) in [5.41, 5.74) is 0.676. The maximum Gasteiger partial charge on any atom is 0.242 e. The number of hydrogen-bond donors (Lipinski definition) is 2. The summed E-state index contributed by atoms with van der Waals surface area (Å²) in [5.74, 6) is 1.38. The van der Waals surface area contributed by atoms with Gasteiger partial charge in [-0.3, -0.25) is 4.99 Å². The third kappa shape index (κ3) is 6.95. The van der Waals surface area contributed by atoms with Crippen molar-refractivity contribution in [1.29, 1.82) is 0 Å². The number of nitrogens with one attached hydrogen (secondary N) is 2. The van der Waals surface area contributed by atoms with Gasteiger partial charge in [-0.15, -0.1) is 24.0 Å². The predicted octanol–water partition coefficient (Wildman–Crippen LogP) is 2.30. The molecule has 0 aliphatic heterocycles. The number of aliphatic imine (C=N–C) groups is 1. The molecule has 2 N–H and O–H groups in total. The highest BCUT2D eigenvalue weighted by Gasteiger charge is 2.20. The third-order valence-electron chi connectivity index (χ3n) is 3.81. The molecule has 0 radical (unpaired) electrons. The second-order valence-electron chi connectivity index (χ2n) is 5.91. The molecular formula is C19H27IN4O3S. The second kappa shape index (κ2) is 11.9. The van der Waals surface area contributed by atoms with Gasteiger partial charge < -0.3 is 15.4 Å². The van der Waals surface area contributed by atoms with Crippen molar-refractivity contribution in [1.82, 2.24) is 14.9 Å². The van der Waals surface area contributed by atoms with E-state index in [4.69, 9.17) is 4.74 Å². The van der Waals surface area contributed by atoms with E-state index >= 15 is 0 Å². The number of nitrogens with zero attached hydrogens (tertiary/aromatic N) is 2. The minimum absolute atomic E-state index is 0. The van der Waals surface area contributed by atoms with E-state index in [0.29, 0.717) is 31.2 Å². The van der Waals surface area contributed by atoms with Crippen molar-refractivity contribution in [2.75, 3.05) is 34.3 Å². The van der Waals surface area contributed by atoms with E-state index in [1.54, 1.807) is 25.2 Å². The number of sulfonamides is 1. The number of hydrogen-bond acceptors (Lipinski definition) is 4. The molecule has 9 heteroatoms.